The van der Waals surface area contributed by atoms with Gasteiger partial charge in [-0.3, -0.25) is 0 Å². The van der Waals surface area contributed by atoms with E-state index in [4.69, 9.17) is 11.0 Å². The van der Waals surface area contributed by atoms with Crippen LogP contribution in [-0.4, -0.2) is 6.36 Å². The average Bonchev–Trinajstić information content (AvgIpc) is 2.19. The molecule has 0 unspecified atom stereocenters. The van der Waals surface area contributed by atoms with Crippen LogP contribution in [0.5, 0.6) is 5.75 Å². The molecule has 0 saturated carbocycles. The van der Waals surface area contributed by atoms with Crippen molar-refractivity contribution in [2.24, 2.45) is 5.73 Å². The van der Waals surface area contributed by atoms with E-state index in [1.165, 1.54) is 0 Å². The average molecular weight is 285 g/mol. The molecular weight excluding hydrogens is 276 g/mol. The Bertz CT molecular complexity index is 444. The Kier molecular flexibility index (Phi) is 5.88. The number of ether oxygens (including phenoxy) is 1. The summed E-state index contributed by atoms with van der Waals surface area (Å²) in [5, 5.41) is 8.38. The van der Waals surface area contributed by atoms with Crippen molar-refractivity contribution in [2.45, 2.75) is 18.8 Å². The van der Waals surface area contributed by atoms with Gasteiger partial charge in [0.15, 0.2) is 0 Å². The summed E-state index contributed by atoms with van der Waals surface area (Å²) in [4.78, 5) is 0. The Morgan fingerprint density at radius 2 is 2.00 bits per heavy atom. The number of hydrogen-bond donors (Lipinski definition) is 1. The van der Waals surface area contributed by atoms with Crippen LogP contribution >= 0.6 is 12.4 Å². The van der Waals surface area contributed by atoms with Crippen LogP contribution in [0.25, 0.3) is 0 Å². The van der Waals surface area contributed by atoms with Gasteiger partial charge in [-0.05, 0) is 18.2 Å². The lowest BCUT2D eigenvalue weighted by atomic mass is 10.0. The molecule has 0 heterocycles. The standard InChI is InChI=1S/C10H8F4N2O.ClH/c11-8-2-1-6(17-10(12,13)14)5-7(8)9(16)3-4-15;/h1-2,5,9H,3,16H2;1H/t9-;/m0./s1. The third kappa shape index (κ3) is 4.77. The van der Waals surface area contributed by atoms with Crippen molar-refractivity contribution < 1.29 is 22.3 Å². The van der Waals surface area contributed by atoms with Gasteiger partial charge in [0.05, 0.1) is 12.5 Å². The van der Waals surface area contributed by atoms with Gasteiger partial charge in [0.25, 0.3) is 0 Å². The fourth-order valence-corrected chi connectivity index (χ4v) is 1.21. The second kappa shape index (κ2) is 6.42. The van der Waals surface area contributed by atoms with Crippen LogP contribution in [0.1, 0.15) is 18.0 Å². The van der Waals surface area contributed by atoms with Crippen molar-refractivity contribution in [3.8, 4) is 11.8 Å². The fourth-order valence-electron chi connectivity index (χ4n) is 1.21. The molecule has 1 atom stereocenters. The highest BCUT2D eigenvalue weighted by Gasteiger charge is 2.31. The summed E-state index contributed by atoms with van der Waals surface area (Å²) in [6.45, 7) is 0. The molecule has 0 bridgehead atoms. The van der Waals surface area contributed by atoms with Gasteiger partial charge in [-0.2, -0.15) is 5.26 Å². The minimum Gasteiger partial charge on any atom is -0.406 e. The number of alkyl halides is 3. The van der Waals surface area contributed by atoms with E-state index < -0.39 is 24.0 Å². The molecule has 3 nitrogen and oxygen atoms in total. The number of nitrogens with zero attached hydrogens (tertiary/aromatic N) is 1. The molecule has 0 fully saturated rings. The first-order chi connectivity index (χ1) is 7.83. The quantitative estimate of drug-likeness (QED) is 0.868. The molecular formula is C10H9ClF4N2O. The van der Waals surface area contributed by atoms with E-state index in [1.807, 2.05) is 0 Å². The molecule has 0 aliphatic rings. The first-order valence-corrected chi connectivity index (χ1v) is 4.51. The lowest BCUT2D eigenvalue weighted by Crippen LogP contribution is -2.18. The topological polar surface area (TPSA) is 59.0 Å². The van der Waals surface area contributed by atoms with Crippen LogP contribution in [0.3, 0.4) is 0 Å². The van der Waals surface area contributed by atoms with Crippen molar-refractivity contribution in [1.29, 1.82) is 5.26 Å². The van der Waals surface area contributed by atoms with E-state index in [-0.39, 0.29) is 24.4 Å². The van der Waals surface area contributed by atoms with Crippen molar-refractivity contribution in [1.82, 2.24) is 0 Å². The summed E-state index contributed by atoms with van der Waals surface area (Å²) in [5.41, 5.74) is 5.25. The number of benzene rings is 1. The maximum atomic E-state index is 13.3. The first kappa shape index (κ1) is 16.5. The molecule has 0 amide bonds. The number of halogens is 5. The largest absolute Gasteiger partial charge is 0.573 e. The minimum atomic E-state index is -4.85. The molecule has 0 aliphatic heterocycles. The Morgan fingerprint density at radius 3 is 2.50 bits per heavy atom. The fraction of sp³-hybridized carbons (Fsp3) is 0.300. The van der Waals surface area contributed by atoms with E-state index in [1.54, 1.807) is 6.07 Å². The van der Waals surface area contributed by atoms with Gasteiger partial charge in [0, 0.05) is 11.6 Å². The van der Waals surface area contributed by atoms with Gasteiger partial charge in [-0.25, -0.2) is 4.39 Å². The zero-order chi connectivity index (χ0) is 13.1. The van der Waals surface area contributed by atoms with E-state index in [2.05, 4.69) is 4.74 Å². The van der Waals surface area contributed by atoms with Crippen molar-refractivity contribution in [3.05, 3.63) is 29.6 Å². The SMILES string of the molecule is Cl.N#CC[C@H](N)c1cc(OC(F)(F)F)ccc1F. The predicted octanol–water partition coefficient (Wildman–Crippen LogP) is 3.06. The van der Waals surface area contributed by atoms with Crippen molar-refractivity contribution in [2.75, 3.05) is 0 Å². The Hall–Kier alpha value is -1.52. The van der Waals surface area contributed by atoms with Crippen LogP contribution in [0.15, 0.2) is 18.2 Å². The highest BCUT2D eigenvalue weighted by atomic mass is 35.5. The van der Waals surface area contributed by atoms with Crippen LogP contribution in [0.2, 0.25) is 0 Å². The molecule has 0 saturated heterocycles. The third-order valence-corrected chi connectivity index (χ3v) is 1.91. The minimum absolute atomic E-state index is 0. The maximum absolute atomic E-state index is 13.3. The molecule has 8 heteroatoms. The summed E-state index contributed by atoms with van der Waals surface area (Å²) in [7, 11) is 0. The Balaban J connectivity index is 0.00000289. The summed E-state index contributed by atoms with van der Waals surface area (Å²) < 4.78 is 52.6. The van der Waals surface area contributed by atoms with Gasteiger partial charge >= 0.3 is 6.36 Å². The maximum Gasteiger partial charge on any atom is 0.573 e. The zero-order valence-electron chi connectivity index (χ0n) is 8.87. The van der Waals surface area contributed by atoms with Gasteiger partial charge in [-0.15, -0.1) is 25.6 Å². The van der Waals surface area contributed by atoms with Crippen molar-refractivity contribution in [3.63, 3.8) is 0 Å². The molecule has 2 N–H and O–H groups in total. The van der Waals surface area contributed by atoms with Gasteiger partial charge in [-0.1, -0.05) is 0 Å². The lowest BCUT2D eigenvalue weighted by Gasteiger charge is -2.13. The molecule has 0 spiro atoms. The molecule has 18 heavy (non-hydrogen) atoms. The van der Waals surface area contributed by atoms with Crippen molar-refractivity contribution >= 4 is 12.4 Å². The summed E-state index contributed by atoms with van der Waals surface area (Å²) in [6, 6.07) is 3.21. The van der Waals surface area contributed by atoms with E-state index in [9.17, 15) is 17.6 Å². The van der Waals surface area contributed by atoms with Crippen LogP contribution in [0.4, 0.5) is 17.6 Å². The predicted molar refractivity (Wildman–Crippen MR) is 57.5 cm³/mol. The summed E-state index contributed by atoms with van der Waals surface area (Å²) >= 11 is 0. The van der Waals surface area contributed by atoms with Crippen LogP contribution < -0.4 is 10.5 Å². The molecule has 1 aromatic rings. The van der Waals surface area contributed by atoms with Crippen LogP contribution in [-0.2, 0) is 0 Å². The summed E-state index contributed by atoms with van der Waals surface area (Å²) in [5.74, 6) is -1.34. The van der Waals surface area contributed by atoms with E-state index in [0.29, 0.717) is 0 Å². The number of hydrogen-bond acceptors (Lipinski definition) is 3. The molecule has 0 aromatic heterocycles. The smallest absolute Gasteiger partial charge is 0.406 e. The monoisotopic (exact) mass is 284 g/mol. The zero-order valence-corrected chi connectivity index (χ0v) is 9.69. The Labute approximate surface area is 107 Å². The molecule has 0 aliphatic carbocycles. The first-order valence-electron chi connectivity index (χ1n) is 4.51. The number of nitrogens with two attached hydrogens (primary N) is 1. The lowest BCUT2D eigenvalue weighted by molar-refractivity contribution is -0.274. The molecule has 0 radical (unpaired) electrons. The molecule has 100 valence electrons. The van der Waals surface area contributed by atoms with E-state index >= 15 is 0 Å². The third-order valence-electron chi connectivity index (χ3n) is 1.91. The second-order valence-electron chi connectivity index (χ2n) is 3.20. The Morgan fingerprint density at radius 1 is 1.39 bits per heavy atom. The second-order valence-corrected chi connectivity index (χ2v) is 3.20. The normalized spacial score (nSPS) is 12.2. The number of nitriles is 1. The highest BCUT2D eigenvalue weighted by Crippen LogP contribution is 2.27. The molecule has 1 rings (SSSR count). The van der Waals surface area contributed by atoms with Crippen LogP contribution in [0, 0.1) is 17.1 Å². The molecule has 1 aromatic carbocycles. The van der Waals surface area contributed by atoms with Gasteiger partial charge in [0.1, 0.15) is 11.6 Å². The highest BCUT2D eigenvalue weighted by molar-refractivity contribution is 5.85. The van der Waals surface area contributed by atoms with E-state index in [0.717, 1.165) is 18.2 Å². The number of rotatable bonds is 3. The van der Waals surface area contributed by atoms with Gasteiger partial charge < -0.3 is 10.5 Å². The summed E-state index contributed by atoms with van der Waals surface area (Å²) in [6.07, 6.45) is -5.05. The van der Waals surface area contributed by atoms with Gasteiger partial charge in [0.2, 0.25) is 0 Å².